The monoisotopic (exact) mass is 743 g/mol. The van der Waals surface area contributed by atoms with Crippen molar-refractivity contribution in [2.24, 2.45) is 0 Å². The number of amides is 1. The van der Waals surface area contributed by atoms with E-state index in [4.69, 9.17) is 28.4 Å². The van der Waals surface area contributed by atoms with Crippen LogP contribution in [0.25, 0.3) is 0 Å². The molecule has 9 heteroatoms. The van der Waals surface area contributed by atoms with Gasteiger partial charge in [-0.25, -0.2) is 4.79 Å². The van der Waals surface area contributed by atoms with E-state index in [2.05, 4.69) is 5.32 Å². The minimum absolute atomic E-state index is 0.0823. The van der Waals surface area contributed by atoms with Crippen LogP contribution in [0.3, 0.4) is 0 Å². The van der Waals surface area contributed by atoms with Crippen molar-refractivity contribution in [2.45, 2.75) is 82.9 Å². The third-order valence-corrected chi connectivity index (χ3v) is 9.36. The van der Waals surface area contributed by atoms with E-state index in [9.17, 15) is 9.59 Å². The van der Waals surface area contributed by atoms with Crippen LogP contribution in [-0.2, 0) is 71.0 Å². The molecule has 0 unspecified atom stereocenters. The topological polar surface area (TPSA) is 102 Å². The number of rotatable bonds is 19. The number of ether oxygens (including phenoxy) is 6. The lowest BCUT2D eigenvalue weighted by Crippen LogP contribution is -2.64. The highest BCUT2D eigenvalue weighted by Gasteiger charge is 2.49. The normalized spacial score (nSPS) is 19.2. The Morgan fingerprint density at radius 2 is 1.07 bits per heavy atom. The Kier molecular flexibility index (Phi) is 15.1. The lowest BCUT2D eigenvalue weighted by molar-refractivity contribution is -0.224. The molecule has 6 atom stereocenters. The summed E-state index contributed by atoms with van der Waals surface area (Å²) in [6.45, 7) is 2.74. The molecule has 5 aromatic rings. The Balaban J connectivity index is 1.34. The van der Waals surface area contributed by atoms with Gasteiger partial charge >= 0.3 is 5.97 Å². The molecule has 1 saturated heterocycles. The van der Waals surface area contributed by atoms with Crippen LogP contribution in [0, 0.1) is 0 Å². The van der Waals surface area contributed by atoms with Crippen molar-refractivity contribution in [1.29, 1.82) is 0 Å². The third kappa shape index (κ3) is 12.4. The number of hydrogen-bond acceptors (Lipinski definition) is 8. The highest BCUT2D eigenvalue weighted by Crippen LogP contribution is 2.31. The molecule has 0 aliphatic carbocycles. The van der Waals surface area contributed by atoms with Crippen molar-refractivity contribution in [3.8, 4) is 0 Å². The zero-order chi connectivity index (χ0) is 38.1. The molecule has 1 N–H and O–H groups in total. The Hall–Kier alpha value is -5.16. The molecule has 0 aromatic heterocycles. The molecule has 0 saturated carbocycles. The Morgan fingerprint density at radius 1 is 0.618 bits per heavy atom. The van der Waals surface area contributed by atoms with Crippen molar-refractivity contribution >= 4 is 11.9 Å². The van der Waals surface area contributed by atoms with Gasteiger partial charge in [-0.15, -0.1) is 0 Å². The molecule has 286 valence electrons. The second-order valence-electron chi connectivity index (χ2n) is 13.6. The average molecular weight is 744 g/mol. The van der Waals surface area contributed by atoms with Crippen molar-refractivity contribution in [3.05, 3.63) is 179 Å². The molecule has 1 heterocycles. The molecule has 6 rings (SSSR count). The fourth-order valence-electron chi connectivity index (χ4n) is 6.58. The van der Waals surface area contributed by atoms with Crippen LogP contribution in [0.1, 0.15) is 41.2 Å². The standard InChI is InChI=1S/C46H49NO8/c1-34(48)47-43-40(51-29-36-19-9-3-10-20-36)27-41(46(49)54-32-39-25-15-6-16-26-39)55-45(43)44(53-31-38-23-13-5-14-24-38)42(52-30-37-21-11-4-12-22-37)33-50-28-35-17-7-2-8-18-35/h2-26,40-45H,27-33H2,1H3,(H,47,48)/t40-,41-,42+,43+,44+,45+/m0/s1. The molecule has 1 aliphatic rings. The molecule has 1 amide bonds. The molecule has 1 fully saturated rings. The molecule has 5 aromatic carbocycles. The molecule has 0 spiro atoms. The lowest BCUT2D eigenvalue weighted by Gasteiger charge is -2.45. The van der Waals surface area contributed by atoms with E-state index >= 15 is 0 Å². The van der Waals surface area contributed by atoms with Gasteiger partial charge in [-0.1, -0.05) is 152 Å². The first-order valence-corrected chi connectivity index (χ1v) is 18.7. The highest BCUT2D eigenvalue weighted by atomic mass is 16.6. The van der Waals surface area contributed by atoms with Gasteiger partial charge in [0.05, 0.1) is 45.2 Å². The number of nitrogens with one attached hydrogen (secondary N) is 1. The van der Waals surface area contributed by atoms with Gasteiger partial charge in [0, 0.05) is 13.3 Å². The van der Waals surface area contributed by atoms with Crippen LogP contribution in [0.15, 0.2) is 152 Å². The van der Waals surface area contributed by atoms with Gasteiger partial charge in [0.25, 0.3) is 0 Å². The molecular weight excluding hydrogens is 695 g/mol. The summed E-state index contributed by atoms with van der Waals surface area (Å²) in [6, 6.07) is 48.1. The van der Waals surface area contributed by atoms with Crippen molar-refractivity contribution < 1.29 is 38.0 Å². The molecular formula is C46H49NO8. The Labute approximate surface area is 323 Å². The maximum Gasteiger partial charge on any atom is 0.335 e. The highest BCUT2D eigenvalue weighted by molar-refractivity contribution is 5.75. The van der Waals surface area contributed by atoms with Gasteiger partial charge in [0.2, 0.25) is 5.91 Å². The number of benzene rings is 5. The number of carbonyl (C=O) groups excluding carboxylic acids is 2. The summed E-state index contributed by atoms with van der Waals surface area (Å²) in [5.41, 5.74) is 4.70. The van der Waals surface area contributed by atoms with E-state index in [1.165, 1.54) is 6.92 Å². The minimum Gasteiger partial charge on any atom is -0.459 e. The number of carbonyl (C=O) groups is 2. The van der Waals surface area contributed by atoms with Crippen LogP contribution in [0.2, 0.25) is 0 Å². The van der Waals surface area contributed by atoms with Crippen LogP contribution < -0.4 is 5.32 Å². The summed E-state index contributed by atoms with van der Waals surface area (Å²) < 4.78 is 39.0. The zero-order valence-electron chi connectivity index (χ0n) is 31.1. The smallest absolute Gasteiger partial charge is 0.335 e. The maximum atomic E-state index is 13.9. The van der Waals surface area contributed by atoms with E-state index in [1.54, 1.807) is 0 Å². The van der Waals surface area contributed by atoms with Gasteiger partial charge in [-0.05, 0) is 27.8 Å². The fraction of sp³-hybridized carbons (Fsp3) is 0.304. The van der Waals surface area contributed by atoms with Crippen molar-refractivity contribution in [3.63, 3.8) is 0 Å². The molecule has 1 aliphatic heterocycles. The molecule has 0 bridgehead atoms. The van der Waals surface area contributed by atoms with Crippen molar-refractivity contribution in [2.75, 3.05) is 6.61 Å². The summed E-state index contributed by atoms with van der Waals surface area (Å²) in [6.07, 6.45) is -4.00. The van der Waals surface area contributed by atoms with E-state index in [-0.39, 0.29) is 45.4 Å². The first-order chi connectivity index (χ1) is 27.0. The van der Waals surface area contributed by atoms with Crippen LogP contribution >= 0.6 is 0 Å². The first kappa shape index (κ1) is 39.5. The predicted molar refractivity (Wildman–Crippen MR) is 208 cm³/mol. The maximum absolute atomic E-state index is 13.9. The van der Waals surface area contributed by atoms with Gasteiger partial charge in [-0.3, -0.25) is 4.79 Å². The largest absolute Gasteiger partial charge is 0.459 e. The second kappa shape index (κ2) is 21.1. The lowest BCUT2D eigenvalue weighted by atomic mass is 9.89. The average Bonchev–Trinajstić information content (AvgIpc) is 3.23. The summed E-state index contributed by atoms with van der Waals surface area (Å²) in [5, 5.41) is 3.11. The van der Waals surface area contributed by atoms with E-state index < -0.39 is 42.5 Å². The zero-order valence-corrected chi connectivity index (χ0v) is 31.1. The predicted octanol–water partition coefficient (Wildman–Crippen LogP) is 7.37. The quantitative estimate of drug-likeness (QED) is 0.0876. The molecule has 9 nitrogen and oxygen atoms in total. The van der Waals surface area contributed by atoms with Crippen LogP contribution in [-0.4, -0.2) is 55.0 Å². The number of hydrogen-bond donors (Lipinski definition) is 1. The van der Waals surface area contributed by atoms with Gasteiger partial charge in [0.15, 0.2) is 6.10 Å². The van der Waals surface area contributed by atoms with Crippen molar-refractivity contribution in [1.82, 2.24) is 5.32 Å². The first-order valence-electron chi connectivity index (χ1n) is 18.7. The summed E-state index contributed by atoms with van der Waals surface area (Å²) in [7, 11) is 0. The SMILES string of the molecule is CC(=O)N[C@H]1[C@H]([C@H](OCc2ccccc2)[C@@H](COCc2ccccc2)OCc2ccccc2)O[C@H](C(=O)OCc2ccccc2)C[C@@H]1OCc1ccccc1. The molecule has 0 radical (unpaired) electrons. The molecule has 55 heavy (non-hydrogen) atoms. The van der Waals surface area contributed by atoms with E-state index in [1.807, 2.05) is 152 Å². The Morgan fingerprint density at radius 3 is 1.58 bits per heavy atom. The van der Waals surface area contributed by atoms with E-state index in [0.29, 0.717) is 6.61 Å². The second-order valence-corrected chi connectivity index (χ2v) is 13.6. The van der Waals surface area contributed by atoms with E-state index in [0.717, 1.165) is 27.8 Å². The summed E-state index contributed by atoms with van der Waals surface area (Å²) in [5.74, 6) is -0.812. The summed E-state index contributed by atoms with van der Waals surface area (Å²) >= 11 is 0. The van der Waals surface area contributed by atoms with Crippen LogP contribution in [0.5, 0.6) is 0 Å². The number of esters is 1. The van der Waals surface area contributed by atoms with Gasteiger partial charge < -0.3 is 33.7 Å². The Bertz CT molecular complexity index is 1850. The van der Waals surface area contributed by atoms with Gasteiger partial charge in [0.1, 0.15) is 24.9 Å². The summed E-state index contributed by atoms with van der Waals surface area (Å²) in [4.78, 5) is 26.8. The fourth-order valence-corrected chi connectivity index (χ4v) is 6.58. The minimum atomic E-state index is -1.03. The van der Waals surface area contributed by atoms with Gasteiger partial charge in [-0.2, -0.15) is 0 Å². The third-order valence-electron chi connectivity index (χ3n) is 9.36. The van der Waals surface area contributed by atoms with Crippen LogP contribution in [0.4, 0.5) is 0 Å².